The maximum atomic E-state index is 10.7. The number of nitrogens with two attached hydrogens (primary N) is 1. The summed E-state index contributed by atoms with van der Waals surface area (Å²) in [6, 6.07) is 0. The van der Waals surface area contributed by atoms with Gasteiger partial charge in [-0.05, 0) is 26.3 Å². The Balaban J connectivity index is 2.57. The Morgan fingerprint density at radius 3 is 2.92 bits per heavy atom. The molecule has 3 N–H and O–H groups in total. The van der Waals surface area contributed by atoms with Crippen molar-refractivity contribution in [2.75, 3.05) is 19.7 Å². The molecule has 0 aliphatic carbocycles. The number of carbonyl (C=O) groups is 1. The standard InChI is InChI=1S/C8H16N2O2/c1-8(6-11)3-2-4-10(8)5-7(9)12/h11H,2-6H2,1H3,(H2,9,12). The second-order valence-corrected chi connectivity index (χ2v) is 3.65. The van der Waals surface area contributed by atoms with E-state index in [1.54, 1.807) is 0 Å². The van der Waals surface area contributed by atoms with E-state index in [0.717, 1.165) is 19.4 Å². The third-order valence-corrected chi connectivity index (χ3v) is 2.59. The molecule has 1 aliphatic heterocycles. The highest BCUT2D eigenvalue weighted by molar-refractivity contribution is 5.76. The molecule has 0 bridgehead atoms. The van der Waals surface area contributed by atoms with E-state index in [2.05, 4.69) is 0 Å². The van der Waals surface area contributed by atoms with Crippen molar-refractivity contribution in [3.63, 3.8) is 0 Å². The van der Waals surface area contributed by atoms with E-state index in [0.29, 0.717) is 0 Å². The third-order valence-electron chi connectivity index (χ3n) is 2.59. The van der Waals surface area contributed by atoms with Crippen molar-refractivity contribution in [1.82, 2.24) is 4.90 Å². The van der Waals surface area contributed by atoms with Gasteiger partial charge in [-0.3, -0.25) is 9.69 Å². The Bertz CT molecular complexity index is 184. The molecule has 1 atom stereocenters. The van der Waals surface area contributed by atoms with E-state index in [-0.39, 0.29) is 24.6 Å². The first-order valence-electron chi connectivity index (χ1n) is 4.23. The molecule has 1 rings (SSSR count). The first-order valence-corrected chi connectivity index (χ1v) is 4.23. The van der Waals surface area contributed by atoms with E-state index < -0.39 is 0 Å². The molecule has 1 fully saturated rings. The molecule has 0 aromatic carbocycles. The second kappa shape index (κ2) is 3.41. The molecular weight excluding hydrogens is 156 g/mol. The van der Waals surface area contributed by atoms with Gasteiger partial charge in [0.05, 0.1) is 13.2 Å². The summed E-state index contributed by atoms with van der Waals surface area (Å²) in [4.78, 5) is 12.6. The molecule has 0 spiro atoms. The Morgan fingerprint density at radius 2 is 2.42 bits per heavy atom. The topological polar surface area (TPSA) is 66.6 Å². The summed E-state index contributed by atoms with van der Waals surface area (Å²) in [5.74, 6) is -0.323. The fraction of sp³-hybridized carbons (Fsp3) is 0.875. The third kappa shape index (κ3) is 1.76. The van der Waals surface area contributed by atoms with Crippen molar-refractivity contribution >= 4 is 5.91 Å². The van der Waals surface area contributed by atoms with E-state index in [1.807, 2.05) is 11.8 Å². The first-order chi connectivity index (χ1) is 5.58. The molecule has 1 amide bonds. The van der Waals surface area contributed by atoms with Gasteiger partial charge in [0.15, 0.2) is 0 Å². The van der Waals surface area contributed by atoms with E-state index >= 15 is 0 Å². The SMILES string of the molecule is CC1(CO)CCCN1CC(N)=O. The first kappa shape index (κ1) is 9.48. The lowest BCUT2D eigenvalue weighted by atomic mass is 10.0. The maximum absolute atomic E-state index is 10.7. The van der Waals surface area contributed by atoms with Gasteiger partial charge in [0.1, 0.15) is 0 Å². The van der Waals surface area contributed by atoms with Gasteiger partial charge in [-0.25, -0.2) is 0 Å². The molecule has 0 radical (unpaired) electrons. The normalized spacial score (nSPS) is 30.8. The Labute approximate surface area is 72.3 Å². The van der Waals surface area contributed by atoms with Crippen molar-refractivity contribution in [3.05, 3.63) is 0 Å². The van der Waals surface area contributed by atoms with E-state index in [1.165, 1.54) is 0 Å². The highest BCUT2D eigenvalue weighted by Crippen LogP contribution is 2.27. The largest absolute Gasteiger partial charge is 0.394 e. The molecule has 4 heteroatoms. The van der Waals surface area contributed by atoms with Gasteiger partial charge in [0, 0.05) is 5.54 Å². The van der Waals surface area contributed by atoms with Gasteiger partial charge in [0.2, 0.25) is 5.91 Å². The summed E-state index contributed by atoms with van der Waals surface area (Å²) >= 11 is 0. The van der Waals surface area contributed by atoms with Crippen molar-refractivity contribution < 1.29 is 9.90 Å². The number of primary amides is 1. The number of carbonyl (C=O) groups excluding carboxylic acids is 1. The highest BCUT2D eigenvalue weighted by Gasteiger charge is 2.36. The fourth-order valence-electron chi connectivity index (χ4n) is 1.72. The highest BCUT2D eigenvalue weighted by atomic mass is 16.3. The van der Waals surface area contributed by atoms with Gasteiger partial charge < -0.3 is 10.8 Å². The second-order valence-electron chi connectivity index (χ2n) is 3.65. The van der Waals surface area contributed by atoms with Gasteiger partial charge in [-0.1, -0.05) is 0 Å². The van der Waals surface area contributed by atoms with Crippen LogP contribution < -0.4 is 5.73 Å². The summed E-state index contributed by atoms with van der Waals surface area (Å²) < 4.78 is 0. The van der Waals surface area contributed by atoms with Gasteiger partial charge in [-0.15, -0.1) is 0 Å². The van der Waals surface area contributed by atoms with Crippen LogP contribution in [-0.4, -0.2) is 41.1 Å². The molecule has 4 nitrogen and oxygen atoms in total. The van der Waals surface area contributed by atoms with E-state index in [9.17, 15) is 4.79 Å². The lowest BCUT2D eigenvalue weighted by Gasteiger charge is -2.32. The number of hydrogen-bond donors (Lipinski definition) is 2. The number of amides is 1. The molecule has 1 heterocycles. The zero-order valence-electron chi connectivity index (χ0n) is 7.42. The summed E-state index contributed by atoms with van der Waals surface area (Å²) in [6.07, 6.45) is 1.97. The molecule has 1 saturated heterocycles. The number of aliphatic hydroxyl groups excluding tert-OH is 1. The predicted octanol–water partition coefficient (Wildman–Crippen LogP) is -0.681. The Kier molecular flexibility index (Phi) is 2.69. The zero-order valence-corrected chi connectivity index (χ0v) is 7.42. The summed E-state index contributed by atoms with van der Waals surface area (Å²) in [5, 5.41) is 9.11. The lowest BCUT2D eigenvalue weighted by molar-refractivity contribution is -0.120. The summed E-state index contributed by atoms with van der Waals surface area (Å²) in [5.41, 5.74) is 4.86. The van der Waals surface area contributed by atoms with Gasteiger partial charge in [0.25, 0.3) is 0 Å². The molecule has 70 valence electrons. The summed E-state index contributed by atoms with van der Waals surface area (Å²) in [7, 11) is 0. The molecular formula is C8H16N2O2. The fourth-order valence-corrected chi connectivity index (χ4v) is 1.72. The number of nitrogens with zero attached hydrogens (tertiary/aromatic N) is 1. The van der Waals surface area contributed by atoms with Crippen LogP contribution in [0.1, 0.15) is 19.8 Å². The minimum Gasteiger partial charge on any atom is -0.394 e. The molecule has 0 saturated carbocycles. The van der Waals surface area contributed by atoms with Gasteiger partial charge >= 0.3 is 0 Å². The predicted molar refractivity (Wildman–Crippen MR) is 45.5 cm³/mol. The molecule has 0 aromatic heterocycles. The Hall–Kier alpha value is -0.610. The van der Waals surface area contributed by atoms with Crippen LogP contribution >= 0.6 is 0 Å². The lowest BCUT2D eigenvalue weighted by Crippen LogP contribution is -2.47. The average Bonchev–Trinajstić information content (AvgIpc) is 2.33. The van der Waals surface area contributed by atoms with Crippen LogP contribution in [0.3, 0.4) is 0 Å². The number of likely N-dealkylation sites (tertiary alicyclic amines) is 1. The minimum absolute atomic E-state index is 0.0975. The number of hydrogen-bond acceptors (Lipinski definition) is 3. The van der Waals surface area contributed by atoms with Crippen molar-refractivity contribution in [2.45, 2.75) is 25.3 Å². The minimum atomic E-state index is -0.323. The van der Waals surface area contributed by atoms with Crippen LogP contribution in [0.15, 0.2) is 0 Å². The van der Waals surface area contributed by atoms with Gasteiger partial charge in [-0.2, -0.15) is 0 Å². The van der Waals surface area contributed by atoms with Crippen LogP contribution in [0, 0.1) is 0 Å². The monoisotopic (exact) mass is 172 g/mol. The molecule has 1 unspecified atom stereocenters. The maximum Gasteiger partial charge on any atom is 0.231 e. The van der Waals surface area contributed by atoms with Crippen LogP contribution in [0.25, 0.3) is 0 Å². The molecule has 0 aromatic rings. The smallest absolute Gasteiger partial charge is 0.231 e. The quantitative estimate of drug-likeness (QED) is 0.592. The van der Waals surface area contributed by atoms with Crippen LogP contribution in [0.5, 0.6) is 0 Å². The number of aliphatic hydroxyl groups is 1. The van der Waals surface area contributed by atoms with Crippen LogP contribution in [-0.2, 0) is 4.79 Å². The Morgan fingerprint density at radius 1 is 1.75 bits per heavy atom. The van der Waals surface area contributed by atoms with Crippen LogP contribution in [0.4, 0.5) is 0 Å². The molecule has 12 heavy (non-hydrogen) atoms. The average molecular weight is 172 g/mol. The summed E-state index contributed by atoms with van der Waals surface area (Å²) in [6.45, 7) is 3.18. The number of rotatable bonds is 3. The van der Waals surface area contributed by atoms with E-state index in [4.69, 9.17) is 10.8 Å². The van der Waals surface area contributed by atoms with Crippen molar-refractivity contribution in [2.24, 2.45) is 5.73 Å². The zero-order chi connectivity index (χ0) is 9.19. The van der Waals surface area contributed by atoms with Crippen LogP contribution in [0.2, 0.25) is 0 Å². The van der Waals surface area contributed by atoms with Crippen molar-refractivity contribution in [1.29, 1.82) is 0 Å². The van der Waals surface area contributed by atoms with Crippen molar-refractivity contribution in [3.8, 4) is 0 Å². The molecule has 1 aliphatic rings.